The number of carbonyl (C=O) groups excluding carboxylic acids is 1. The number of carbonyl (C=O) groups is 1. The van der Waals surface area contributed by atoms with Gasteiger partial charge >= 0.3 is 6.09 Å². The Kier molecular flexibility index (Phi) is 9.80. The number of hydrogen-bond donors (Lipinski definition) is 3. The lowest BCUT2D eigenvalue weighted by atomic mass is 9.71. The second kappa shape index (κ2) is 12.1. The number of hydrogen-bond acceptors (Lipinski definition) is 5. The summed E-state index contributed by atoms with van der Waals surface area (Å²) >= 11 is 0. The molecule has 1 fully saturated rings. The fourth-order valence-corrected chi connectivity index (χ4v) is 4.38. The molecular formula is C25H39N3O3. The number of amides is 1. The van der Waals surface area contributed by atoms with Gasteiger partial charge in [-0.25, -0.2) is 4.79 Å². The van der Waals surface area contributed by atoms with Gasteiger partial charge in [0.2, 0.25) is 0 Å². The van der Waals surface area contributed by atoms with Crippen molar-refractivity contribution in [2.45, 2.75) is 89.9 Å². The Morgan fingerprint density at radius 1 is 1.23 bits per heavy atom. The third-order valence-electron chi connectivity index (χ3n) is 6.00. The van der Waals surface area contributed by atoms with Crippen LogP contribution in [0.1, 0.15) is 71.3 Å². The molecule has 2 rings (SSSR count). The highest BCUT2D eigenvalue weighted by Crippen LogP contribution is 2.39. The number of rotatable bonds is 10. The maximum Gasteiger partial charge on any atom is 0.407 e. The van der Waals surface area contributed by atoms with Crippen molar-refractivity contribution in [2.75, 3.05) is 13.1 Å². The van der Waals surface area contributed by atoms with Crippen LogP contribution in [-0.2, 0) is 11.2 Å². The number of aliphatic hydroxyl groups excluding tert-OH is 1. The predicted molar refractivity (Wildman–Crippen MR) is 123 cm³/mol. The number of benzene rings is 1. The first-order valence-corrected chi connectivity index (χ1v) is 11.5. The Labute approximate surface area is 187 Å². The summed E-state index contributed by atoms with van der Waals surface area (Å²) in [5, 5.41) is 26.3. The van der Waals surface area contributed by atoms with Crippen LogP contribution in [0.25, 0.3) is 0 Å². The van der Waals surface area contributed by atoms with Crippen molar-refractivity contribution >= 4 is 6.09 Å². The largest absolute Gasteiger partial charge is 0.444 e. The van der Waals surface area contributed by atoms with Crippen LogP contribution >= 0.6 is 0 Å². The van der Waals surface area contributed by atoms with Gasteiger partial charge in [0.05, 0.1) is 18.2 Å². The zero-order valence-electron chi connectivity index (χ0n) is 19.3. The molecule has 1 saturated carbocycles. The first-order valence-electron chi connectivity index (χ1n) is 11.5. The van der Waals surface area contributed by atoms with Crippen LogP contribution in [0.3, 0.4) is 0 Å². The summed E-state index contributed by atoms with van der Waals surface area (Å²) in [6.07, 6.45) is 6.62. The lowest BCUT2D eigenvalue weighted by Crippen LogP contribution is -2.51. The van der Waals surface area contributed by atoms with Gasteiger partial charge < -0.3 is 20.5 Å². The molecule has 0 aliphatic heterocycles. The number of aliphatic hydroxyl groups is 1. The van der Waals surface area contributed by atoms with Crippen molar-refractivity contribution in [1.82, 2.24) is 10.6 Å². The molecule has 6 nitrogen and oxygen atoms in total. The summed E-state index contributed by atoms with van der Waals surface area (Å²) in [7, 11) is 0. The Balaban J connectivity index is 1.97. The molecule has 1 aliphatic rings. The molecule has 1 aliphatic carbocycles. The first-order chi connectivity index (χ1) is 14.7. The van der Waals surface area contributed by atoms with E-state index in [9.17, 15) is 9.90 Å². The maximum absolute atomic E-state index is 12.4. The third kappa shape index (κ3) is 9.28. The number of ether oxygens (including phenoxy) is 1. The molecule has 0 spiro atoms. The number of nitrogens with one attached hydrogen (secondary N) is 2. The maximum atomic E-state index is 12.4. The summed E-state index contributed by atoms with van der Waals surface area (Å²) in [6, 6.07) is 11.6. The molecular weight excluding hydrogens is 390 g/mol. The van der Waals surface area contributed by atoms with Crippen molar-refractivity contribution in [3.05, 3.63) is 35.9 Å². The van der Waals surface area contributed by atoms with E-state index in [2.05, 4.69) is 16.7 Å². The fraction of sp³-hybridized carbons (Fsp3) is 0.680. The van der Waals surface area contributed by atoms with Gasteiger partial charge in [0.1, 0.15) is 5.60 Å². The molecule has 2 atom stereocenters. The SMILES string of the molecule is CC(C)(C)OC(=O)N[C@@H](Cc1ccccc1)[C@H](O)CNCC1(CCC#N)CCCCC1. The molecule has 0 heterocycles. The standard InChI is InChI=1S/C25H39N3O3/c1-24(2,3)31-23(30)28-21(17-20-11-6-4-7-12-20)22(29)18-27-19-25(15-10-16-26)13-8-5-9-14-25/h4,6-7,11-12,21-22,27,29H,5,8-10,13-15,17-19H2,1-3H3,(H,28,30)/t21-,22+/m0/s1. The number of nitriles is 1. The van der Waals surface area contributed by atoms with Crippen LogP contribution in [0.15, 0.2) is 30.3 Å². The zero-order chi connectivity index (χ0) is 22.7. The summed E-state index contributed by atoms with van der Waals surface area (Å²) < 4.78 is 5.40. The fourth-order valence-electron chi connectivity index (χ4n) is 4.38. The van der Waals surface area contributed by atoms with E-state index >= 15 is 0 Å². The van der Waals surface area contributed by atoms with Crippen LogP contribution in [0.4, 0.5) is 4.79 Å². The molecule has 0 radical (unpaired) electrons. The van der Waals surface area contributed by atoms with Crippen LogP contribution in [0.5, 0.6) is 0 Å². The molecule has 0 bridgehead atoms. The van der Waals surface area contributed by atoms with Gasteiger partial charge in [-0.15, -0.1) is 0 Å². The van der Waals surface area contributed by atoms with E-state index in [1.165, 1.54) is 19.3 Å². The van der Waals surface area contributed by atoms with Crippen LogP contribution in [0, 0.1) is 16.7 Å². The summed E-state index contributed by atoms with van der Waals surface area (Å²) in [6.45, 7) is 6.63. The van der Waals surface area contributed by atoms with Gasteiger partial charge in [-0.1, -0.05) is 49.6 Å². The molecule has 1 amide bonds. The van der Waals surface area contributed by atoms with Crippen LogP contribution in [-0.4, -0.2) is 42.0 Å². The molecule has 0 saturated heterocycles. The zero-order valence-corrected chi connectivity index (χ0v) is 19.3. The van der Waals surface area contributed by atoms with Gasteiger partial charge in [0.25, 0.3) is 0 Å². The van der Waals surface area contributed by atoms with Crippen LogP contribution < -0.4 is 10.6 Å². The van der Waals surface area contributed by atoms with E-state index in [0.29, 0.717) is 19.4 Å². The third-order valence-corrected chi connectivity index (χ3v) is 6.00. The molecule has 0 unspecified atom stereocenters. The molecule has 1 aromatic carbocycles. The molecule has 172 valence electrons. The number of nitrogens with zero attached hydrogens (tertiary/aromatic N) is 1. The van der Waals surface area contributed by atoms with Crippen molar-refractivity contribution in [1.29, 1.82) is 5.26 Å². The van der Waals surface area contributed by atoms with Crippen molar-refractivity contribution in [2.24, 2.45) is 5.41 Å². The summed E-state index contributed by atoms with van der Waals surface area (Å²) in [4.78, 5) is 12.4. The minimum Gasteiger partial charge on any atom is -0.444 e. The highest BCUT2D eigenvalue weighted by atomic mass is 16.6. The van der Waals surface area contributed by atoms with Gasteiger partial charge in [0.15, 0.2) is 0 Å². The van der Waals surface area contributed by atoms with E-state index in [4.69, 9.17) is 10.00 Å². The minimum absolute atomic E-state index is 0.140. The van der Waals surface area contributed by atoms with E-state index < -0.39 is 23.8 Å². The summed E-state index contributed by atoms with van der Waals surface area (Å²) in [5.74, 6) is 0. The second-order valence-corrected chi connectivity index (χ2v) is 9.86. The Morgan fingerprint density at radius 2 is 1.90 bits per heavy atom. The molecule has 1 aromatic rings. The Hall–Kier alpha value is -2.10. The molecule has 6 heteroatoms. The van der Waals surface area contributed by atoms with Crippen molar-refractivity contribution in [3.8, 4) is 6.07 Å². The predicted octanol–water partition coefficient (Wildman–Crippen LogP) is 4.33. The topological polar surface area (TPSA) is 94.4 Å². The average molecular weight is 430 g/mol. The van der Waals surface area contributed by atoms with Crippen molar-refractivity contribution < 1.29 is 14.6 Å². The second-order valence-electron chi connectivity index (χ2n) is 9.86. The molecule has 3 N–H and O–H groups in total. The quantitative estimate of drug-likeness (QED) is 0.515. The van der Waals surface area contributed by atoms with E-state index in [1.807, 2.05) is 51.1 Å². The highest BCUT2D eigenvalue weighted by molar-refractivity contribution is 5.68. The Bertz CT molecular complexity index is 703. The van der Waals surface area contributed by atoms with E-state index in [1.54, 1.807) is 0 Å². The first kappa shape index (κ1) is 25.2. The lowest BCUT2D eigenvalue weighted by molar-refractivity contribution is 0.0416. The molecule has 0 aromatic heterocycles. The van der Waals surface area contributed by atoms with Gasteiger partial charge in [0, 0.05) is 19.5 Å². The molecule has 31 heavy (non-hydrogen) atoms. The monoisotopic (exact) mass is 429 g/mol. The Morgan fingerprint density at radius 3 is 2.52 bits per heavy atom. The van der Waals surface area contributed by atoms with Crippen LogP contribution in [0.2, 0.25) is 0 Å². The summed E-state index contributed by atoms with van der Waals surface area (Å²) in [5.41, 5.74) is 0.584. The van der Waals surface area contributed by atoms with Gasteiger partial charge in [-0.3, -0.25) is 0 Å². The lowest BCUT2D eigenvalue weighted by Gasteiger charge is -2.38. The van der Waals surface area contributed by atoms with E-state index in [0.717, 1.165) is 31.4 Å². The average Bonchev–Trinajstić information content (AvgIpc) is 2.72. The highest BCUT2D eigenvalue weighted by Gasteiger charge is 2.32. The smallest absolute Gasteiger partial charge is 0.407 e. The van der Waals surface area contributed by atoms with E-state index in [-0.39, 0.29) is 5.41 Å². The normalized spacial score (nSPS) is 17.9. The minimum atomic E-state index is -0.760. The van der Waals surface area contributed by atoms with Crippen molar-refractivity contribution in [3.63, 3.8) is 0 Å². The number of alkyl carbamates (subject to hydrolysis) is 1. The van der Waals surface area contributed by atoms with Gasteiger partial charge in [-0.2, -0.15) is 5.26 Å². The van der Waals surface area contributed by atoms with Gasteiger partial charge in [-0.05, 0) is 57.4 Å².